The number of sulfone groups is 1. The van der Waals surface area contributed by atoms with Crippen molar-refractivity contribution in [2.75, 3.05) is 5.75 Å². The Balaban J connectivity index is 1.92. The van der Waals surface area contributed by atoms with Gasteiger partial charge in [-0.3, -0.25) is 10.1 Å². The predicted octanol–water partition coefficient (Wildman–Crippen LogP) is 1.10. The summed E-state index contributed by atoms with van der Waals surface area (Å²) < 4.78 is 24.3. The first-order valence-corrected chi connectivity index (χ1v) is 7.94. The molecule has 3 rings (SSSR count). The Hall–Kier alpha value is -1.40. The van der Waals surface area contributed by atoms with Gasteiger partial charge in [0.15, 0.2) is 9.84 Å². The molecular weight excluding hydrogens is 266 g/mol. The molecule has 2 aliphatic rings. The number of aliphatic carboxylic acids is 1. The van der Waals surface area contributed by atoms with Crippen molar-refractivity contribution in [3.05, 3.63) is 29.3 Å². The number of rotatable bonds is 4. The van der Waals surface area contributed by atoms with Crippen LogP contribution < -0.4 is 5.32 Å². The number of carboxylic acids is 1. The molecule has 1 atom stereocenters. The van der Waals surface area contributed by atoms with Gasteiger partial charge >= 0.3 is 5.97 Å². The molecule has 1 saturated carbocycles. The lowest BCUT2D eigenvalue weighted by Crippen LogP contribution is -2.21. The Kier molecular flexibility index (Phi) is 2.87. The van der Waals surface area contributed by atoms with Crippen LogP contribution in [0.25, 0.3) is 0 Å². The molecule has 1 aliphatic heterocycles. The Morgan fingerprint density at radius 3 is 2.74 bits per heavy atom. The minimum Gasteiger partial charge on any atom is -0.480 e. The summed E-state index contributed by atoms with van der Waals surface area (Å²) in [6.45, 7) is 0.402. The first-order valence-electron chi connectivity index (χ1n) is 6.29. The average molecular weight is 281 g/mol. The quantitative estimate of drug-likeness (QED) is 0.863. The fraction of sp³-hybridized carbons (Fsp3) is 0.462. The van der Waals surface area contributed by atoms with Crippen LogP contribution in [0.1, 0.15) is 30.0 Å². The van der Waals surface area contributed by atoms with Crippen molar-refractivity contribution in [1.29, 1.82) is 0 Å². The van der Waals surface area contributed by atoms with E-state index in [0.717, 1.165) is 18.4 Å². The molecule has 1 aromatic rings. The van der Waals surface area contributed by atoms with Crippen molar-refractivity contribution in [3.63, 3.8) is 0 Å². The number of benzene rings is 1. The van der Waals surface area contributed by atoms with Crippen LogP contribution in [0.5, 0.6) is 0 Å². The van der Waals surface area contributed by atoms with Crippen molar-refractivity contribution < 1.29 is 18.3 Å². The summed E-state index contributed by atoms with van der Waals surface area (Å²) in [5.41, 5.74) is 1.43. The first kappa shape index (κ1) is 12.6. The van der Waals surface area contributed by atoms with Gasteiger partial charge < -0.3 is 5.11 Å². The molecule has 1 unspecified atom stereocenters. The van der Waals surface area contributed by atoms with E-state index < -0.39 is 21.8 Å². The van der Waals surface area contributed by atoms with E-state index in [1.165, 1.54) is 6.07 Å². The summed E-state index contributed by atoms with van der Waals surface area (Å²) in [4.78, 5) is 11.3. The fourth-order valence-electron chi connectivity index (χ4n) is 2.44. The molecule has 0 spiro atoms. The highest BCUT2D eigenvalue weighted by Crippen LogP contribution is 2.33. The summed E-state index contributed by atoms with van der Waals surface area (Å²) in [7, 11) is -3.23. The molecule has 2 N–H and O–H groups in total. The van der Waals surface area contributed by atoms with E-state index in [-0.39, 0.29) is 5.75 Å². The molecule has 1 aromatic carbocycles. The molecule has 0 radical (unpaired) electrons. The van der Waals surface area contributed by atoms with Crippen LogP contribution in [-0.2, 0) is 21.2 Å². The van der Waals surface area contributed by atoms with Crippen molar-refractivity contribution in [2.45, 2.75) is 30.3 Å². The first-order chi connectivity index (χ1) is 8.97. The minimum absolute atomic E-state index is 0.210. The summed E-state index contributed by atoms with van der Waals surface area (Å²) >= 11 is 0. The zero-order valence-corrected chi connectivity index (χ0v) is 11.1. The summed E-state index contributed by atoms with van der Waals surface area (Å²) in [6, 6.07) is 4.03. The van der Waals surface area contributed by atoms with Gasteiger partial charge in [-0.1, -0.05) is 6.07 Å². The number of hydrogen-bond donors (Lipinski definition) is 2. The summed E-state index contributed by atoms with van der Waals surface area (Å²) in [5.74, 6) is -0.419. The van der Waals surface area contributed by atoms with E-state index in [1.54, 1.807) is 12.1 Å². The maximum Gasteiger partial charge on any atom is 0.325 e. The van der Waals surface area contributed by atoms with Gasteiger partial charge in [0, 0.05) is 6.54 Å². The standard InChI is InChI=1S/C13H15NO4S/c15-13(16)12-11-4-3-10(5-9(11)6-14-12)19(17,18)7-8-1-2-8/h3-5,8,12,14H,1-2,6-7H2,(H,15,16). The van der Waals surface area contributed by atoms with Gasteiger partial charge in [0.1, 0.15) is 6.04 Å². The second kappa shape index (κ2) is 4.31. The van der Waals surface area contributed by atoms with E-state index in [4.69, 9.17) is 5.11 Å². The van der Waals surface area contributed by atoms with E-state index in [9.17, 15) is 13.2 Å². The zero-order chi connectivity index (χ0) is 13.6. The summed E-state index contributed by atoms with van der Waals surface area (Å²) in [5, 5.41) is 11.9. The Bertz CT molecular complexity index is 634. The van der Waals surface area contributed by atoms with Gasteiger partial charge in [-0.2, -0.15) is 0 Å². The highest BCUT2D eigenvalue weighted by atomic mass is 32.2. The highest BCUT2D eigenvalue weighted by molar-refractivity contribution is 7.91. The molecule has 1 fully saturated rings. The van der Waals surface area contributed by atoms with Crippen molar-refractivity contribution in [2.24, 2.45) is 5.92 Å². The third-order valence-electron chi connectivity index (χ3n) is 3.68. The van der Waals surface area contributed by atoms with Gasteiger partial charge in [0.2, 0.25) is 0 Å². The van der Waals surface area contributed by atoms with Crippen molar-refractivity contribution in [3.8, 4) is 0 Å². The van der Waals surface area contributed by atoms with Crippen LogP contribution in [0, 0.1) is 5.92 Å². The molecule has 0 saturated heterocycles. The number of fused-ring (bicyclic) bond motifs is 1. The zero-order valence-electron chi connectivity index (χ0n) is 10.3. The second-order valence-electron chi connectivity index (χ2n) is 5.24. The largest absolute Gasteiger partial charge is 0.480 e. The molecule has 0 bridgehead atoms. The maximum atomic E-state index is 12.2. The van der Waals surface area contributed by atoms with Gasteiger partial charge in [-0.05, 0) is 42.0 Å². The van der Waals surface area contributed by atoms with E-state index >= 15 is 0 Å². The molecule has 19 heavy (non-hydrogen) atoms. The lowest BCUT2D eigenvalue weighted by Gasteiger charge is -2.08. The number of hydrogen-bond acceptors (Lipinski definition) is 4. The lowest BCUT2D eigenvalue weighted by molar-refractivity contribution is -0.139. The Labute approximate surface area is 111 Å². The second-order valence-corrected chi connectivity index (χ2v) is 7.27. The van der Waals surface area contributed by atoms with Crippen LogP contribution in [0.4, 0.5) is 0 Å². The van der Waals surface area contributed by atoms with Crippen LogP contribution >= 0.6 is 0 Å². The highest BCUT2D eigenvalue weighted by Gasteiger charge is 2.32. The predicted molar refractivity (Wildman–Crippen MR) is 68.4 cm³/mol. The smallest absolute Gasteiger partial charge is 0.325 e. The van der Waals surface area contributed by atoms with Crippen molar-refractivity contribution >= 4 is 15.8 Å². The van der Waals surface area contributed by atoms with Gasteiger partial charge in [0.25, 0.3) is 0 Å². The number of nitrogens with one attached hydrogen (secondary N) is 1. The minimum atomic E-state index is -3.23. The normalized spacial score (nSPS) is 22.2. The summed E-state index contributed by atoms with van der Waals surface area (Å²) in [6.07, 6.45) is 1.99. The molecule has 1 heterocycles. The van der Waals surface area contributed by atoms with Crippen LogP contribution in [0.3, 0.4) is 0 Å². The Morgan fingerprint density at radius 2 is 2.11 bits per heavy atom. The van der Waals surface area contributed by atoms with Gasteiger partial charge in [-0.15, -0.1) is 0 Å². The van der Waals surface area contributed by atoms with Crippen LogP contribution in [0.2, 0.25) is 0 Å². The molecule has 102 valence electrons. The molecule has 0 aromatic heterocycles. The van der Waals surface area contributed by atoms with Crippen LogP contribution in [0.15, 0.2) is 23.1 Å². The molecular formula is C13H15NO4S. The number of carbonyl (C=O) groups is 1. The van der Waals surface area contributed by atoms with Crippen LogP contribution in [-0.4, -0.2) is 25.2 Å². The average Bonchev–Trinajstić information content (AvgIpc) is 3.04. The fourth-order valence-corrected chi connectivity index (χ4v) is 4.19. The van der Waals surface area contributed by atoms with E-state index in [0.29, 0.717) is 22.9 Å². The third kappa shape index (κ3) is 2.37. The topological polar surface area (TPSA) is 83.5 Å². The molecule has 6 heteroatoms. The third-order valence-corrected chi connectivity index (χ3v) is 5.56. The molecule has 0 amide bonds. The van der Waals surface area contributed by atoms with Gasteiger partial charge in [0.05, 0.1) is 10.6 Å². The van der Waals surface area contributed by atoms with Crippen molar-refractivity contribution in [1.82, 2.24) is 5.32 Å². The lowest BCUT2D eigenvalue weighted by atomic mass is 10.1. The molecule has 5 nitrogen and oxygen atoms in total. The SMILES string of the molecule is O=C(O)C1NCc2cc(S(=O)(=O)CC3CC3)ccc21. The van der Waals surface area contributed by atoms with E-state index in [1.807, 2.05) is 0 Å². The monoisotopic (exact) mass is 281 g/mol. The van der Waals surface area contributed by atoms with Gasteiger partial charge in [-0.25, -0.2) is 8.42 Å². The Morgan fingerprint density at radius 1 is 1.37 bits per heavy atom. The maximum absolute atomic E-state index is 12.2. The molecule has 1 aliphatic carbocycles. The van der Waals surface area contributed by atoms with E-state index in [2.05, 4.69) is 5.32 Å². The number of carboxylic acid groups (broad SMARTS) is 1.